The van der Waals surface area contributed by atoms with Crippen molar-refractivity contribution in [2.45, 2.75) is 24.9 Å². The van der Waals surface area contributed by atoms with Crippen LogP contribution in [-0.4, -0.2) is 48.8 Å². The highest BCUT2D eigenvalue weighted by Crippen LogP contribution is 2.25. The summed E-state index contributed by atoms with van der Waals surface area (Å²) in [5.74, 6) is -1.78. The second-order valence-corrected chi connectivity index (χ2v) is 7.31. The lowest BCUT2D eigenvalue weighted by molar-refractivity contribution is -0.127. The molecule has 142 valence electrons. The molecule has 9 heteroatoms. The van der Waals surface area contributed by atoms with Crippen LogP contribution in [0.15, 0.2) is 30.3 Å². The molecule has 0 bridgehead atoms. The topological polar surface area (TPSA) is 128 Å². The minimum Gasteiger partial charge on any atom is -0.371 e. The van der Waals surface area contributed by atoms with Crippen LogP contribution in [0.2, 0.25) is 0 Å². The number of benzene rings is 1. The van der Waals surface area contributed by atoms with Crippen LogP contribution in [0.25, 0.3) is 10.1 Å². The van der Waals surface area contributed by atoms with Crippen molar-refractivity contribution in [1.29, 1.82) is 0 Å². The molecule has 2 aromatic rings. The van der Waals surface area contributed by atoms with E-state index >= 15 is 0 Å². The fourth-order valence-electron chi connectivity index (χ4n) is 2.74. The van der Waals surface area contributed by atoms with Crippen molar-refractivity contribution in [3.05, 3.63) is 35.2 Å². The predicted molar refractivity (Wildman–Crippen MR) is 99.3 cm³/mol. The number of nitrogens with one attached hydrogen (secondary N) is 2. The van der Waals surface area contributed by atoms with E-state index in [4.69, 9.17) is 10.5 Å². The molecular weight excluding hydrogens is 370 g/mol. The second-order valence-electron chi connectivity index (χ2n) is 6.22. The number of Topliss-reactive ketones (excluding diaryl/α,β-unsaturated/α-hetero) is 1. The second kappa shape index (κ2) is 8.28. The Labute approximate surface area is 159 Å². The summed E-state index contributed by atoms with van der Waals surface area (Å²) in [5, 5.41) is 6.13. The molecule has 1 aliphatic rings. The van der Waals surface area contributed by atoms with Gasteiger partial charge in [0, 0.05) is 11.1 Å². The van der Waals surface area contributed by atoms with Crippen LogP contribution in [-0.2, 0) is 19.1 Å². The highest BCUT2D eigenvalue weighted by Gasteiger charge is 2.30. The molecule has 3 amide bonds. The van der Waals surface area contributed by atoms with Crippen molar-refractivity contribution < 1.29 is 23.9 Å². The Kier molecular flexibility index (Phi) is 5.82. The smallest absolute Gasteiger partial charge is 0.262 e. The number of fused-ring (bicyclic) bond motifs is 1. The molecule has 3 rings (SSSR count). The molecule has 1 aromatic heterocycles. The number of primary amides is 1. The summed E-state index contributed by atoms with van der Waals surface area (Å²) in [6.07, 6.45) is -0.0283. The molecule has 1 aromatic carbocycles. The average Bonchev–Trinajstić information content (AvgIpc) is 3.24. The van der Waals surface area contributed by atoms with Crippen molar-refractivity contribution in [2.75, 3.05) is 13.2 Å². The summed E-state index contributed by atoms with van der Waals surface area (Å²) >= 11 is 1.31. The number of amides is 3. The van der Waals surface area contributed by atoms with E-state index in [1.54, 1.807) is 6.07 Å². The lowest BCUT2D eigenvalue weighted by atomic mass is 10.1. The molecule has 0 aliphatic carbocycles. The fraction of sp³-hybridized carbons (Fsp3) is 0.333. The molecule has 27 heavy (non-hydrogen) atoms. The van der Waals surface area contributed by atoms with Crippen LogP contribution < -0.4 is 16.4 Å². The first-order valence-corrected chi connectivity index (χ1v) is 9.24. The molecule has 1 saturated heterocycles. The van der Waals surface area contributed by atoms with Gasteiger partial charge in [0.1, 0.15) is 18.7 Å². The SMILES string of the molecule is NC(=O)CC[C@H](NC(=O)c1cc2ccccc2s1)C(=O)NC1COCC1=O. The molecule has 8 nitrogen and oxygen atoms in total. The minimum absolute atomic E-state index is 0.0412. The van der Waals surface area contributed by atoms with Crippen LogP contribution in [0.4, 0.5) is 0 Å². The zero-order valence-electron chi connectivity index (χ0n) is 14.4. The van der Waals surface area contributed by atoms with Gasteiger partial charge in [0.05, 0.1) is 11.5 Å². The van der Waals surface area contributed by atoms with Crippen LogP contribution in [0.5, 0.6) is 0 Å². The Morgan fingerprint density at radius 2 is 2.07 bits per heavy atom. The van der Waals surface area contributed by atoms with Gasteiger partial charge >= 0.3 is 0 Å². The average molecular weight is 389 g/mol. The van der Waals surface area contributed by atoms with Crippen LogP contribution in [0, 0.1) is 0 Å². The first kappa shape index (κ1) is 19.0. The van der Waals surface area contributed by atoms with Gasteiger partial charge in [-0.25, -0.2) is 0 Å². The Morgan fingerprint density at radius 3 is 2.74 bits per heavy atom. The number of hydrogen-bond acceptors (Lipinski definition) is 6. The summed E-state index contributed by atoms with van der Waals surface area (Å²) in [5.41, 5.74) is 5.16. The maximum absolute atomic E-state index is 12.6. The number of hydrogen-bond donors (Lipinski definition) is 3. The van der Waals surface area contributed by atoms with Gasteiger partial charge in [-0.2, -0.15) is 0 Å². The zero-order chi connectivity index (χ0) is 19.4. The zero-order valence-corrected chi connectivity index (χ0v) is 15.2. The number of ketones is 1. The van der Waals surface area contributed by atoms with E-state index in [1.165, 1.54) is 11.3 Å². The third-order valence-electron chi connectivity index (χ3n) is 4.18. The van der Waals surface area contributed by atoms with Gasteiger partial charge in [-0.15, -0.1) is 11.3 Å². The Bertz CT molecular complexity index is 861. The fourth-order valence-corrected chi connectivity index (χ4v) is 3.71. The van der Waals surface area contributed by atoms with E-state index in [1.807, 2.05) is 24.3 Å². The van der Waals surface area contributed by atoms with Gasteiger partial charge in [-0.05, 0) is 23.9 Å². The number of rotatable bonds is 7. The molecule has 1 aliphatic heterocycles. The summed E-state index contributed by atoms with van der Waals surface area (Å²) in [6, 6.07) is 7.57. The maximum Gasteiger partial charge on any atom is 0.262 e. The number of thiophene rings is 1. The molecule has 2 atom stereocenters. The first-order chi connectivity index (χ1) is 12.9. The van der Waals surface area contributed by atoms with Gasteiger partial charge in [0.15, 0.2) is 5.78 Å². The van der Waals surface area contributed by atoms with E-state index < -0.39 is 29.8 Å². The van der Waals surface area contributed by atoms with E-state index in [2.05, 4.69) is 10.6 Å². The lowest BCUT2D eigenvalue weighted by Gasteiger charge is -2.19. The van der Waals surface area contributed by atoms with Crippen LogP contribution in [0.3, 0.4) is 0 Å². The van der Waals surface area contributed by atoms with E-state index in [0.717, 1.165) is 10.1 Å². The lowest BCUT2D eigenvalue weighted by Crippen LogP contribution is -2.51. The summed E-state index contributed by atoms with van der Waals surface area (Å²) < 4.78 is 5.96. The van der Waals surface area contributed by atoms with E-state index in [-0.39, 0.29) is 31.8 Å². The highest BCUT2D eigenvalue weighted by atomic mass is 32.1. The summed E-state index contributed by atoms with van der Waals surface area (Å²) in [6.45, 7) is 0.0441. The van der Waals surface area contributed by atoms with Crippen molar-refractivity contribution in [3.8, 4) is 0 Å². The van der Waals surface area contributed by atoms with Crippen molar-refractivity contribution in [2.24, 2.45) is 5.73 Å². The van der Waals surface area contributed by atoms with Gasteiger partial charge in [0.25, 0.3) is 5.91 Å². The molecular formula is C18H19N3O5S. The highest BCUT2D eigenvalue weighted by molar-refractivity contribution is 7.20. The molecule has 0 spiro atoms. The maximum atomic E-state index is 12.6. The molecule has 2 heterocycles. The van der Waals surface area contributed by atoms with Crippen molar-refractivity contribution in [1.82, 2.24) is 10.6 Å². The third-order valence-corrected chi connectivity index (χ3v) is 5.30. The number of ether oxygens (including phenoxy) is 1. The number of carbonyl (C=O) groups is 4. The molecule has 1 fully saturated rings. The van der Waals surface area contributed by atoms with Gasteiger partial charge in [-0.1, -0.05) is 18.2 Å². The quantitative estimate of drug-likeness (QED) is 0.630. The summed E-state index contributed by atoms with van der Waals surface area (Å²) in [7, 11) is 0. The largest absolute Gasteiger partial charge is 0.371 e. The van der Waals surface area contributed by atoms with E-state index in [0.29, 0.717) is 4.88 Å². The molecule has 4 N–H and O–H groups in total. The van der Waals surface area contributed by atoms with Crippen molar-refractivity contribution >= 4 is 44.9 Å². The third kappa shape index (κ3) is 4.69. The van der Waals surface area contributed by atoms with Gasteiger partial charge in [-0.3, -0.25) is 19.2 Å². The normalized spacial score (nSPS) is 17.6. The van der Waals surface area contributed by atoms with Crippen LogP contribution >= 0.6 is 11.3 Å². The van der Waals surface area contributed by atoms with E-state index in [9.17, 15) is 19.2 Å². The predicted octanol–water partition coefficient (Wildman–Crippen LogP) is 0.349. The van der Waals surface area contributed by atoms with Crippen LogP contribution in [0.1, 0.15) is 22.5 Å². The standard InChI is InChI=1S/C18H19N3O5S/c19-16(23)6-5-11(17(24)21-12-8-26-9-13(12)22)20-18(25)15-7-10-3-1-2-4-14(10)27-15/h1-4,7,11-12H,5-6,8-9H2,(H2,19,23)(H,20,25)(H,21,24)/t11-,12?/m0/s1. The number of nitrogens with two attached hydrogens (primary N) is 1. The minimum atomic E-state index is -0.983. The molecule has 1 unspecified atom stereocenters. The molecule has 0 radical (unpaired) electrons. The molecule has 0 saturated carbocycles. The Balaban J connectivity index is 1.71. The Hall–Kier alpha value is -2.78. The van der Waals surface area contributed by atoms with Gasteiger partial charge in [0.2, 0.25) is 11.8 Å². The van der Waals surface area contributed by atoms with Crippen molar-refractivity contribution in [3.63, 3.8) is 0 Å². The number of carbonyl (C=O) groups excluding carboxylic acids is 4. The van der Waals surface area contributed by atoms with Gasteiger partial charge < -0.3 is 21.1 Å². The summed E-state index contributed by atoms with van der Waals surface area (Å²) in [4.78, 5) is 48.3. The Morgan fingerprint density at radius 1 is 1.30 bits per heavy atom. The first-order valence-electron chi connectivity index (χ1n) is 8.42. The monoisotopic (exact) mass is 389 g/mol.